The average Bonchev–Trinajstić information content (AvgIpc) is 3.03. The number of piperidine rings is 1. The molecule has 1 fully saturated rings. The van der Waals surface area contributed by atoms with Gasteiger partial charge in [0.1, 0.15) is 0 Å². The molecule has 0 spiro atoms. The van der Waals surface area contributed by atoms with Crippen molar-refractivity contribution < 1.29 is 9.21 Å². The first-order valence-corrected chi connectivity index (χ1v) is 7.88. The third-order valence-electron chi connectivity index (χ3n) is 4.19. The zero-order valence-corrected chi connectivity index (χ0v) is 12.9. The van der Waals surface area contributed by atoms with Crippen LogP contribution in [-0.2, 0) is 12.8 Å². The van der Waals surface area contributed by atoms with Gasteiger partial charge < -0.3 is 9.32 Å². The van der Waals surface area contributed by atoms with Crippen molar-refractivity contribution in [1.29, 1.82) is 0 Å². The molecule has 0 N–H and O–H groups in total. The molecule has 1 saturated heterocycles. The first-order chi connectivity index (χ1) is 10.7. The number of carbonyl (C=O) groups excluding carboxylic acids is 1. The smallest absolute Gasteiger partial charge is 0.311 e. The summed E-state index contributed by atoms with van der Waals surface area (Å²) in [6, 6.07) is 10.1. The highest BCUT2D eigenvalue weighted by atomic mass is 16.4. The molecular formula is C17H21N3O2. The molecule has 5 heteroatoms. The van der Waals surface area contributed by atoms with Gasteiger partial charge in [-0.3, -0.25) is 4.79 Å². The standard InChI is InChI=1S/C17H21N3O2/c1-13-9-11-20(12-10-13)17(21)16-19-18-15(22-16)8-7-14-5-3-2-4-6-14/h2-6,13H,7-12H2,1H3. The van der Waals surface area contributed by atoms with Crippen LogP contribution in [0, 0.1) is 5.92 Å². The van der Waals surface area contributed by atoms with Crippen LogP contribution in [0.15, 0.2) is 34.7 Å². The lowest BCUT2D eigenvalue weighted by Crippen LogP contribution is -2.38. The molecule has 1 aromatic heterocycles. The number of hydrogen-bond acceptors (Lipinski definition) is 4. The molecule has 0 radical (unpaired) electrons. The lowest BCUT2D eigenvalue weighted by atomic mass is 9.99. The summed E-state index contributed by atoms with van der Waals surface area (Å²) in [5, 5.41) is 7.91. The number of carbonyl (C=O) groups is 1. The van der Waals surface area contributed by atoms with Gasteiger partial charge in [-0.1, -0.05) is 37.3 Å². The van der Waals surface area contributed by atoms with Gasteiger partial charge in [-0.05, 0) is 30.7 Å². The first-order valence-electron chi connectivity index (χ1n) is 7.88. The van der Waals surface area contributed by atoms with Crippen LogP contribution >= 0.6 is 0 Å². The summed E-state index contributed by atoms with van der Waals surface area (Å²) < 4.78 is 5.53. The summed E-state index contributed by atoms with van der Waals surface area (Å²) >= 11 is 0. The lowest BCUT2D eigenvalue weighted by molar-refractivity contribution is 0.0655. The van der Waals surface area contributed by atoms with E-state index in [1.54, 1.807) is 0 Å². The van der Waals surface area contributed by atoms with Gasteiger partial charge in [-0.15, -0.1) is 10.2 Å². The van der Waals surface area contributed by atoms with E-state index >= 15 is 0 Å². The summed E-state index contributed by atoms with van der Waals surface area (Å²) in [5.41, 5.74) is 1.22. The molecule has 1 amide bonds. The Labute approximate surface area is 130 Å². The van der Waals surface area contributed by atoms with E-state index in [1.807, 2.05) is 23.1 Å². The van der Waals surface area contributed by atoms with Crippen LogP contribution in [0.3, 0.4) is 0 Å². The molecule has 0 atom stereocenters. The zero-order chi connectivity index (χ0) is 15.4. The van der Waals surface area contributed by atoms with Crippen LogP contribution in [-0.4, -0.2) is 34.1 Å². The van der Waals surface area contributed by atoms with E-state index in [0.717, 1.165) is 32.4 Å². The molecule has 22 heavy (non-hydrogen) atoms. The van der Waals surface area contributed by atoms with Gasteiger partial charge in [0.15, 0.2) is 0 Å². The number of hydrogen-bond donors (Lipinski definition) is 0. The minimum atomic E-state index is -0.134. The molecule has 0 bridgehead atoms. The van der Waals surface area contributed by atoms with E-state index < -0.39 is 0 Å². The van der Waals surface area contributed by atoms with Crippen LogP contribution in [0.1, 0.15) is 41.9 Å². The Bertz CT molecular complexity index is 616. The fraction of sp³-hybridized carbons (Fsp3) is 0.471. The summed E-state index contributed by atoms with van der Waals surface area (Å²) in [4.78, 5) is 14.1. The van der Waals surface area contributed by atoms with E-state index in [1.165, 1.54) is 5.56 Å². The van der Waals surface area contributed by atoms with E-state index in [2.05, 4.69) is 29.3 Å². The summed E-state index contributed by atoms with van der Waals surface area (Å²) in [6.07, 6.45) is 3.57. The normalized spacial score (nSPS) is 16.0. The fourth-order valence-electron chi connectivity index (χ4n) is 2.68. The highest BCUT2D eigenvalue weighted by molar-refractivity contribution is 5.89. The quantitative estimate of drug-likeness (QED) is 0.871. The molecule has 1 aliphatic heterocycles. The van der Waals surface area contributed by atoms with Gasteiger partial charge in [0.2, 0.25) is 5.89 Å². The van der Waals surface area contributed by atoms with Crippen molar-refractivity contribution in [2.24, 2.45) is 5.92 Å². The summed E-state index contributed by atoms with van der Waals surface area (Å²) in [5.74, 6) is 1.20. The summed E-state index contributed by atoms with van der Waals surface area (Å²) in [6.45, 7) is 3.78. The molecule has 0 saturated carbocycles. The van der Waals surface area contributed by atoms with Gasteiger partial charge in [0.05, 0.1) is 0 Å². The van der Waals surface area contributed by atoms with Crippen LogP contribution in [0.4, 0.5) is 0 Å². The Kier molecular flexibility index (Phi) is 4.51. The monoisotopic (exact) mass is 299 g/mol. The topological polar surface area (TPSA) is 59.2 Å². The summed E-state index contributed by atoms with van der Waals surface area (Å²) in [7, 11) is 0. The van der Waals surface area contributed by atoms with Crippen LogP contribution in [0.25, 0.3) is 0 Å². The van der Waals surface area contributed by atoms with Crippen LogP contribution in [0.5, 0.6) is 0 Å². The molecule has 5 nitrogen and oxygen atoms in total. The number of aromatic nitrogens is 2. The van der Waals surface area contributed by atoms with Crippen molar-refractivity contribution in [1.82, 2.24) is 15.1 Å². The lowest BCUT2D eigenvalue weighted by Gasteiger charge is -2.29. The van der Waals surface area contributed by atoms with Crippen molar-refractivity contribution in [3.63, 3.8) is 0 Å². The molecule has 0 aliphatic carbocycles. The Morgan fingerprint density at radius 3 is 2.64 bits per heavy atom. The largest absolute Gasteiger partial charge is 0.417 e. The maximum Gasteiger partial charge on any atom is 0.311 e. The van der Waals surface area contributed by atoms with Gasteiger partial charge in [-0.25, -0.2) is 0 Å². The van der Waals surface area contributed by atoms with Gasteiger partial charge in [-0.2, -0.15) is 0 Å². The number of likely N-dealkylation sites (tertiary alicyclic amines) is 1. The van der Waals surface area contributed by atoms with Crippen LogP contribution in [0.2, 0.25) is 0 Å². The number of nitrogens with zero attached hydrogens (tertiary/aromatic N) is 3. The third kappa shape index (κ3) is 3.53. The number of amides is 1. The molecule has 116 valence electrons. The predicted molar refractivity (Wildman–Crippen MR) is 82.4 cm³/mol. The minimum Gasteiger partial charge on any atom is -0.417 e. The number of aryl methyl sites for hydroxylation is 2. The highest BCUT2D eigenvalue weighted by Crippen LogP contribution is 2.18. The SMILES string of the molecule is CC1CCN(C(=O)c2nnc(CCc3ccccc3)o2)CC1. The van der Waals surface area contributed by atoms with E-state index in [0.29, 0.717) is 18.2 Å². The molecule has 3 rings (SSSR count). The van der Waals surface area contributed by atoms with E-state index in [-0.39, 0.29) is 11.8 Å². The highest BCUT2D eigenvalue weighted by Gasteiger charge is 2.25. The van der Waals surface area contributed by atoms with Gasteiger partial charge in [0, 0.05) is 19.5 Å². The number of benzene rings is 1. The average molecular weight is 299 g/mol. The van der Waals surface area contributed by atoms with Crippen molar-refractivity contribution in [3.05, 3.63) is 47.7 Å². The Balaban J connectivity index is 1.57. The van der Waals surface area contributed by atoms with Crippen molar-refractivity contribution in [3.8, 4) is 0 Å². The Hall–Kier alpha value is -2.17. The molecular weight excluding hydrogens is 278 g/mol. The second-order valence-electron chi connectivity index (χ2n) is 5.96. The predicted octanol–water partition coefficient (Wildman–Crippen LogP) is 2.73. The Morgan fingerprint density at radius 2 is 1.91 bits per heavy atom. The minimum absolute atomic E-state index is 0.123. The number of rotatable bonds is 4. The third-order valence-corrected chi connectivity index (χ3v) is 4.19. The second-order valence-corrected chi connectivity index (χ2v) is 5.96. The molecule has 1 aliphatic rings. The van der Waals surface area contributed by atoms with Crippen molar-refractivity contribution >= 4 is 5.91 Å². The first kappa shape index (κ1) is 14.8. The zero-order valence-electron chi connectivity index (χ0n) is 12.9. The van der Waals surface area contributed by atoms with E-state index in [9.17, 15) is 4.79 Å². The van der Waals surface area contributed by atoms with Gasteiger partial charge >= 0.3 is 11.8 Å². The van der Waals surface area contributed by atoms with Crippen LogP contribution < -0.4 is 0 Å². The van der Waals surface area contributed by atoms with E-state index in [4.69, 9.17) is 4.42 Å². The fourth-order valence-corrected chi connectivity index (χ4v) is 2.68. The molecule has 0 unspecified atom stereocenters. The van der Waals surface area contributed by atoms with Crippen molar-refractivity contribution in [2.45, 2.75) is 32.6 Å². The Morgan fingerprint density at radius 1 is 1.18 bits per heavy atom. The van der Waals surface area contributed by atoms with Gasteiger partial charge in [0.25, 0.3) is 0 Å². The van der Waals surface area contributed by atoms with Crippen molar-refractivity contribution in [2.75, 3.05) is 13.1 Å². The molecule has 2 heterocycles. The molecule has 2 aromatic rings. The molecule has 1 aromatic carbocycles. The second kappa shape index (κ2) is 6.73. The maximum atomic E-state index is 12.3. The maximum absolute atomic E-state index is 12.3.